The molecule has 1 aliphatic rings. The molecule has 0 aliphatic carbocycles. The summed E-state index contributed by atoms with van der Waals surface area (Å²) in [5.74, 6) is -0.489. The predicted octanol–water partition coefficient (Wildman–Crippen LogP) is 2.12. The molecule has 0 aromatic heterocycles. The van der Waals surface area contributed by atoms with Crippen molar-refractivity contribution in [1.82, 2.24) is 4.90 Å². The van der Waals surface area contributed by atoms with Crippen LogP contribution in [0.15, 0.2) is 18.2 Å². The molecule has 1 aromatic rings. The second kappa shape index (κ2) is 6.16. The summed E-state index contributed by atoms with van der Waals surface area (Å²) < 4.78 is 13.2. The molecule has 1 amide bonds. The molecule has 18 heavy (non-hydrogen) atoms. The number of benzene rings is 1. The van der Waals surface area contributed by atoms with Gasteiger partial charge in [0, 0.05) is 24.7 Å². The normalized spacial score (nSPS) is 19.3. The minimum absolute atomic E-state index is 0. The summed E-state index contributed by atoms with van der Waals surface area (Å²) in [5.41, 5.74) is 7.01. The molecule has 3 nitrogen and oxygen atoms in total. The fraction of sp³-hybridized carbons (Fsp3) is 0.462. The van der Waals surface area contributed by atoms with E-state index in [0.717, 1.165) is 18.4 Å². The van der Waals surface area contributed by atoms with E-state index in [4.69, 9.17) is 5.73 Å². The molecule has 0 saturated carbocycles. The molecule has 0 unspecified atom stereocenters. The molecule has 1 heterocycles. The second-order valence-corrected chi connectivity index (χ2v) is 4.67. The first-order valence-electron chi connectivity index (χ1n) is 5.88. The molecule has 2 rings (SSSR count). The van der Waals surface area contributed by atoms with Crippen molar-refractivity contribution in [2.45, 2.75) is 25.8 Å². The minimum Gasteiger partial charge on any atom is -0.337 e. The third kappa shape index (κ3) is 3.43. The Morgan fingerprint density at radius 1 is 1.44 bits per heavy atom. The minimum atomic E-state index is -0.366. The van der Waals surface area contributed by atoms with Crippen LogP contribution in [0.1, 0.15) is 28.8 Å². The molecule has 100 valence electrons. The highest BCUT2D eigenvalue weighted by molar-refractivity contribution is 5.94. The number of piperidine rings is 1. The van der Waals surface area contributed by atoms with Crippen LogP contribution in [0, 0.1) is 12.7 Å². The second-order valence-electron chi connectivity index (χ2n) is 4.67. The van der Waals surface area contributed by atoms with Gasteiger partial charge in [0.25, 0.3) is 5.91 Å². The Kier molecular flexibility index (Phi) is 5.11. The summed E-state index contributed by atoms with van der Waals surface area (Å²) in [6.07, 6.45) is 1.87. The van der Waals surface area contributed by atoms with Gasteiger partial charge in [0.1, 0.15) is 5.82 Å². The lowest BCUT2D eigenvalue weighted by Gasteiger charge is -2.30. The van der Waals surface area contributed by atoms with Crippen LogP contribution >= 0.6 is 12.4 Å². The first-order valence-corrected chi connectivity index (χ1v) is 5.88. The number of aryl methyl sites for hydroxylation is 1. The van der Waals surface area contributed by atoms with Crippen molar-refractivity contribution >= 4 is 18.3 Å². The lowest BCUT2D eigenvalue weighted by atomic mass is 10.0. The molecule has 1 aromatic carbocycles. The van der Waals surface area contributed by atoms with Gasteiger partial charge in [-0.25, -0.2) is 4.39 Å². The molecule has 1 aliphatic heterocycles. The SMILES string of the molecule is Cc1cc(F)cc(C(=O)N2CCC[C@@H](N)C2)c1.Cl. The largest absolute Gasteiger partial charge is 0.337 e. The van der Waals surface area contributed by atoms with Crippen molar-refractivity contribution in [2.24, 2.45) is 5.73 Å². The van der Waals surface area contributed by atoms with Crippen molar-refractivity contribution < 1.29 is 9.18 Å². The van der Waals surface area contributed by atoms with Crippen LogP contribution in [0.5, 0.6) is 0 Å². The van der Waals surface area contributed by atoms with E-state index in [1.54, 1.807) is 17.9 Å². The van der Waals surface area contributed by atoms with E-state index in [-0.39, 0.29) is 30.2 Å². The summed E-state index contributed by atoms with van der Waals surface area (Å²) in [6.45, 7) is 3.05. The quantitative estimate of drug-likeness (QED) is 0.851. The standard InChI is InChI=1S/C13H17FN2O.ClH/c1-9-5-10(7-11(14)6-9)13(17)16-4-2-3-12(15)8-16;/h5-7,12H,2-4,8,15H2,1H3;1H/t12-;/m1./s1. The van der Waals surface area contributed by atoms with E-state index in [2.05, 4.69) is 0 Å². The van der Waals surface area contributed by atoms with Gasteiger partial charge >= 0.3 is 0 Å². The third-order valence-corrected chi connectivity index (χ3v) is 3.03. The zero-order valence-electron chi connectivity index (χ0n) is 10.4. The molecule has 1 atom stereocenters. The molecular formula is C13H18ClFN2O. The third-order valence-electron chi connectivity index (χ3n) is 3.03. The van der Waals surface area contributed by atoms with E-state index in [1.165, 1.54) is 12.1 Å². The number of halogens is 2. The van der Waals surface area contributed by atoms with E-state index < -0.39 is 0 Å². The summed E-state index contributed by atoms with van der Waals surface area (Å²) >= 11 is 0. The Bertz CT molecular complexity index is 419. The number of carbonyl (C=O) groups excluding carboxylic acids is 1. The van der Waals surface area contributed by atoms with Crippen molar-refractivity contribution in [3.8, 4) is 0 Å². The van der Waals surface area contributed by atoms with E-state index >= 15 is 0 Å². The number of hydrogen-bond acceptors (Lipinski definition) is 2. The summed E-state index contributed by atoms with van der Waals surface area (Å²) in [6, 6.07) is 4.46. The molecule has 0 bridgehead atoms. The highest BCUT2D eigenvalue weighted by Gasteiger charge is 2.22. The predicted molar refractivity (Wildman–Crippen MR) is 71.5 cm³/mol. The maximum Gasteiger partial charge on any atom is 0.254 e. The van der Waals surface area contributed by atoms with E-state index in [1.807, 2.05) is 0 Å². The van der Waals surface area contributed by atoms with Gasteiger partial charge in [0.2, 0.25) is 0 Å². The summed E-state index contributed by atoms with van der Waals surface area (Å²) in [5, 5.41) is 0. The van der Waals surface area contributed by atoms with Gasteiger partial charge in [-0.3, -0.25) is 4.79 Å². The van der Waals surface area contributed by atoms with Gasteiger partial charge in [0.15, 0.2) is 0 Å². The monoisotopic (exact) mass is 272 g/mol. The number of nitrogens with zero attached hydrogens (tertiary/aromatic N) is 1. The van der Waals surface area contributed by atoms with Crippen LogP contribution in [0.3, 0.4) is 0 Å². The van der Waals surface area contributed by atoms with Gasteiger partial charge in [-0.1, -0.05) is 0 Å². The Hall–Kier alpha value is -1.13. The Morgan fingerprint density at radius 3 is 2.78 bits per heavy atom. The van der Waals surface area contributed by atoms with Crippen LogP contribution in [0.25, 0.3) is 0 Å². The van der Waals surface area contributed by atoms with Crippen molar-refractivity contribution in [3.63, 3.8) is 0 Å². The van der Waals surface area contributed by atoms with Crippen molar-refractivity contribution in [1.29, 1.82) is 0 Å². The zero-order valence-corrected chi connectivity index (χ0v) is 11.2. The molecule has 1 fully saturated rings. The number of carbonyl (C=O) groups is 1. The average Bonchev–Trinajstić information content (AvgIpc) is 2.26. The Balaban J connectivity index is 0.00000162. The fourth-order valence-electron chi connectivity index (χ4n) is 2.24. The van der Waals surface area contributed by atoms with Crippen molar-refractivity contribution in [3.05, 3.63) is 35.1 Å². The maximum absolute atomic E-state index is 13.2. The molecule has 0 spiro atoms. The fourth-order valence-corrected chi connectivity index (χ4v) is 2.24. The maximum atomic E-state index is 13.2. The van der Waals surface area contributed by atoms with Gasteiger partial charge < -0.3 is 10.6 Å². The Morgan fingerprint density at radius 2 is 2.17 bits per heavy atom. The van der Waals surface area contributed by atoms with Gasteiger partial charge in [0.05, 0.1) is 0 Å². The average molecular weight is 273 g/mol. The van der Waals surface area contributed by atoms with Crippen LogP contribution < -0.4 is 5.73 Å². The number of likely N-dealkylation sites (tertiary alicyclic amines) is 1. The van der Waals surface area contributed by atoms with Gasteiger partial charge in [-0.2, -0.15) is 0 Å². The van der Waals surface area contributed by atoms with E-state index in [0.29, 0.717) is 18.7 Å². The molecule has 2 N–H and O–H groups in total. The highest BCUT2D eigenvalue weighted by Crippen LogP contribution is 2.15. The number of hydrogen-bond donors (Lipinski definition) is 1. The lowest BCUT2D eigenvalue weighted by molar-refractivity contribution is 0.0708. The molecule has 0 radical (unpaired) electrons. The van der Waals surface area contributed by atoms with Gasteiger partial charge in [-0.05, 0) is 43.5 Å². The molecule has 5 heteroatoms. The van der Waals surface area contributed by atoms with Crippen molar-refractivity contribution in [2.75, 3.05) is 13.1 Å². The lowest BCUT2D eigenvalue weighted by Crippen LogP contribution is -2.45. The van der Waals surface area contributed by atoms with Crippen LogP contribution in [0.2, 0.25) is 0 Å². The summed E-state index contributed by atoms with van der Waals surface area (Å²) in [4.78, 5) is 13.9. The topological polar surface area (TPSA) is 46.3 Å². The number of rotatable bonds is 1. The zero-order chi connectivity index (χ0) is 12.4. The van der Waals surface area contributed by atoms with Gasteiger partial charge in [-0.15, -0.1) is 12.4 Å². The Labute approximate surface area is 113 Å². The first-order chi connectivity index (χ1) is 8.06. The molecule has 1 saturated heterocycles. The molecular weight excluding hydrogens is 255 g/mol. The summed E-state index contributed by atoms with van der Waals surface area (Å²) in [7, 11) is 0. The number of nitrogens with two attached hydrogens (primary N) is 1. The smallest absolute Gasteiger partial charge is 0.254 e. The highest BCUT2D eigenvalue weighted by atomic mass is 35.5. The van der Waals surface area contributed by atoms with Crippen LogP contribution in [0.4, 0.5) is 4.39 Å². The number of amides is 1. The van der Waals surface area contributed by atoms with Crippen LogP contribution in [-0.2, 0) is 0 Å². The van der Waals surface area contributed by atoms with Crippen LogP contribution in [-0.4, -0.2) is 29.9 Å². The van der Waals surface area contributed by atoms with E-state index in [9.17, 15) is 9.18 Å². The first kappa shape index (κ1) is 14.9.